The molecule has 1 heterocycles. The molecule has 2 N–H and O–H groups in total. The maximum atomic E-state index is 12.3. The summed E-state index contributed by atoms with van der Waals surface area (Å²) in [5, 5.41) is 4.35. The van der Waals surface area contributed by atoms with Gasteiger partial charge in [-0.3, -0.25) is 4.79 Å². The topological polar surface area (TPSA) is 83.0 Å². The van der Waals surface area contributed by atoms with Gasteiger partial charge >= 0.3 is 6.18 Å². The van der Waals surface area contributed by atoms with Crippen molar-refractivity contribution in [1.82, 2.24) is 14.8 Å². The number of benzene rings is 2. The molecule has 146 valence electrons. The van der Waals surface area contributed by atoms with Crippen LogP contribution in [0.2, 0.25) is 5.02 Å². The van der Waals surface area contributed by atoms with E-state index < -0.39 is 18.7 Å². The molecule has 0 spiro atoms. The molecule has 0 saturated heterocycles. The largest absolute Gasteiger partial charge is 0.411 e. The van der Waals surface area contributed by atoms with Gasteiger partial charge in [-0.1, -0.05) is 41.9 Å². The van der Waals surface area contributed by atoms with Crippen molar-refractivity contribution >= 4 is 17.5 Å². The van der Waals surface area contributed by atoms with Crippen molar-refractivity contribution in [2.45, 2.75) is 12.8 Å². The van der Waals surface area contributed by atoms with Crippen molar-refractivity contribution in [3.05, 3.63) is 64.9 Å². The van der Waals surface area contributed by atoms with Crippen LogP contribution in [0, 0.1) is 0 Å². The molecule has 10 heteroatoms. The second-order valence-electron chi connectivity index (χ2n) is 5.78. The number of hydrogen-bond acceptors (Lipinski definition) is 4. The second kappa shape index (κ2) is 7.99. The van der Waals surface area contributed by atoms with Crippen LogP contribution in [0.5, 0.6) is 0 Å². The molecule has 0 bridgehead atoms. The van der Waals surface area contributed by atoms with Gasteiger partial charge in [0.1, 0.15) is 6.61 Å². The molecule has 28 heavy (non-hydrogen) atoms. The van der Waals surface area contributed by atoms with E-state index in [2.05, 4.69) is 14.8 Å². The highest BCUT2D eigenvalue weighted by molar-refractivity contribution is 6.31. The molecule has 0 aliphatic carbocycles. The zero-order chi connectivity index (χ0) is 20.3. The number of ether oxygens (including phenoxy) is 1. The van der Waals surface area contributed by atoms with Crippen LogP contribution in [0.15, 0.2) is 48.5 Å². The number of carbonyl (C=O) groups excluding carboxylic acids is 1. The van der Waals surface area contributed by atoms with E-state index in [0.717, 1.165) is 0 Å². The summed E-state index contributed by atoms with van der Waals surface area (Å²) in [7, 11) is 0. The van der Waals surface area contributed by atoms with E-state index in [1.165, 1.54) is 16.8 Å². The molecule has 0 fully saturated rings. The average molecular weight is 411 g/mol. The van der Waals surface area contributed by atoms with Crippen LogP contribution in [0.4, 0.5) is 13.2 Å². The normalized spacial score (nSPS) is 11.6. The molecule has 3 aromatic rings. The van der Waals surface area contributed by atoms with Crippen molar-refractivity contribution in [2.24, 2.45) is 5.73 Å². The number of nitrogens with zero attached hydrogens (tertiary/aromatic N) is 3. The molecule has 0 aliphatic rings. The Balaban J connectivity index is 1.99. The zero-order valence-corrected chi connectivity index (χ0v) is 15.0. The lowest BCUT2D eigenvalue weighted by Crippen LogP contribution is -2.16. The summed E-state index contributed by atoms with van der Waals surface area (Å²) in [6.07, 6.45) is -4.44. The highest BCUT2D eigenvalue weighted by Gasteiger charge is 2.27. The van der Waals surface area contributed by atoms with Crippen molar-refractivity contribution in [3.8, 4) is 17.1 Å². The summed E-state index contributed by atoms with van der Waals surface area (Å²) >= 11 is 6.07. The first-order valence-electron chi connectivity index (χ1n) is 8.00. The lowest BCUT2D eigenvalue weighted by molar-refractivity contribution is -0.176. The molecule has 1 aromatic heterocycles. The summed E-state index contributed by atoms with van der Waals surface area (Å²) in [6, 6.07) is 13.6. The van der Waals surface area contributed by atoms with Crippen LogP contribution in [0.1, 0.15) is 16.2 Å². The van der Waals surface area contributed by atoms with Gasteiger partial charge in [0.15, 0.2) is 5.82 Å². The zero-order valence-electron chi connectivity index (χ0n) is 14.3. The monoisotopic (exact) mass is 410 g/mol. The second-order valence-corrected chi connectivity index (χ2v) is 6.19. The molecule has 0 saturated carbocycles. The Labute approximate surface area is 162 Å². The fraction of sp³-hybridized carbons (Fsp3) is 0.167. The van der Waals surface area contributed by atoms with Gasteiger partial charge in [-0.2, -0.15) is 13.2 Å². The number of hydrogen-bond donors (Lipinski definition) is 1. The van der Waals surface area contributed by atoms with Gasteiger partial charge in [0, 0.05) is 10.6 Å². The molecule has 0 aliphatic heterocycles. The fourth-order valence-corrected chi connectivity index (χ4v) is 2.62. The Hall–Kier alpha value is -2.91. The summed E-state index contributed by atoms with van der Waals surface area (Å²) < 4.78 is 43.0. The van der Waals surface area contributed by atoms with Gasteiger partial charge in [0.25, 0.3) is 5.91 Å². The Morgan fingerprint density at radius 1 is 1.18 bits per heavy atom. The van der Waals surface area contributed by atoms with Gasteiger partial charge in [-0.15, -0.1) is 5.10 Å². The van der Waals surface area contributed by atoms with E-state index in [1.807, 2.05) is 6.07 Å². The molecule has 6 nitrogen and oxygen atoms in total. The third-order valence-electron chi connectivity index (χ3n) is 3.66. The average Bonchev–Trinajstić information content (AvgIpc) is 3.09. The third kappa shape index (κ3) is 4.68. The molecule has 3 rings (SSSR count). The molecular formula is C18H14ClF3N4O2. The van der Waals surface area contributed by atoms with Crippen molar-refractivity contribution < 1.29 is 22.7 Å². The van der Waals surface area contributed by atoms with Gasteiger partial charge in [-0.05, 0) is 23.8 Å². The predicted molar refractivity (Wildman–Crippen MR) is 96.0 cm³/mol. The lowest BCUT2D eigenvalue weighted by atomic mass is 10.2. The number of amides is 1. The lowest BCUT2D eigenvalue weighted by Gasteiger charge is -2.11. The number of carbonyl (C=O) groups is 1. The standard InChI is InChI=1S/C18H14ClF3N4O2/c19-14-7-6-13(8-12(14)9-28-10-18(20,21)22)26-17(11-4-2-1-3-5-11)24-16(25-26)15(23)27/h1-8H,9-10H2,(H2,23,27). The fourth-order valence-electron chi connectivity index (χ4n) is 2.45. The minimum absolute atomic E-state index is 0.191. The molecule has 0 radical (unpaired) electrons. The summed E-state index contributed by atoms with van der Waals surface area (Å²) in [6.45, 7) is -1.73. The Bertz CT molecular complexity index is 990. The predicted octanol–water partition coefficient (Wildman–Crippen LogP) is 3.77. The Morgan fingerprint density at radius 3 is 2.54 bits per heavy atom. The van der Waals surface area contributed by atoms with E-state index in [1.54, 1.807) is 30.3 Å². The first kappa shape index (κ1) is 19.8. The first-order valence-corrected chi connectivity index (χ1v) is 8.38. The Morgan fingerprint density at radius 2 is 1.89 bits per heavy atom. The van der Waals surface area contributed by atoms with Crippen LogP contribution in [-0.4, -0.2) is 33.5 Å². The number of alkyl halides is 3. The highest BCUT2D eigenvalue weighted by atomic mass is 35.5. The molecule has 0 unspecified atom stereocenters. The summed E-state index contributed by atoms with van der Waals surface area (Å²) in [5.41, 5.74) is 6.73. The number of nitrogens with two attached hydrogens (primary N) is 1. The van der Waals surface area contributed by atoms with Crippen LogP contribution >= 0.6 is 11.6 Å². The van der Waals surface area contributed by atoms with E-state index in [9.17, 15) is 18.0 Å². The van der Waals surface area contributed by atoms with Crippen LogP contribution < -0.4 is 5.73 Å². The van der Waals surface area contributed by atoms with Gasteiger partial charge in [0.05, 0.1) is 12.3 Å². The van der Waals surface area contributed by atoms with E-state index in [4.69, 9.17) is 17.3 Å². The number of rotatable bonds is 6. The maximum absolute atomic E-state index is 12.3. The van der Waals surface area contributed by atoms with Crippen LogP contribution in [0.25, 0.3) is 17.1 Å². The van der Waals surface area contributed by atoms with Gasteiger partial charge in [-0.25, -0.2) is 9.67 Å². The smallest absolute Gasteiger partial charge is 0.367 e. The molecular weight excluding hydrogens is 397 g/mol. The molecule has 0 atom stereocenters. The minimum Gasteiger partial charge on any atom is -0.367 e. The summed E-state index contributed by atoms with van der Waals surface area (Å²) in [5.74, 6) is -0.652. The number of primary amides is 1. The van der Waals surface area contributed by atoms with Gasteiger partial charge in [0.2, 0.25) is 5.82 Å². The van der Waals surface area contributed by atoms with E-state index in [-0.39, 0.29) is 17.5 Å². The third-order valence-corrected chi connectivity index (χ3v) is 4.03. The minimum atomic E-state index is -4.44. The van der Waals surface area contributed by atoms with Crippen LogP contribution in [-0.2, 0) is 11.3 Å². The number of aromatic nitrogens is 3. The van der Waals surface area contributed by atoms with E-state index >= 15 is 0 Å². The van der Waals surface area contributed by atoms with Crippen LogP contribution in [0.3, 0.4) is 0 Å². The van der Waals surface area contributed by atoms with Crippen molar-refractivity contribution in [3.63, 3.8) is 0 Å². The van der Waals surface area contributed by atoms with E-state index in [0.29, 0.717) is 22.6 Å². The highest BCUT2D eigenvalue weighted by Crippen LogP contribution is 2.26. The molecule has 1 amide bonds. The maximum Gasteiger partial charge on any atom is 0.411 e. The van der Waals surface area contributed by atoms with Gasteiger partial charge < -0.3 is 10.5 Å². The SMILES string of the molecule is NC(=O)c1nc(-c2ccccc2)n(-c2ccc(Cl)c(COCC(F)(F)F)c2)n1. The first-order chi connectivity index (χ1) is 13.2. The van der Waals surface area contributed by atoms with Crippen molar-refractivity contribution in [1.29, 1.82) is 0 Å². The Kier molecular flexibility index (Phi) is 5.66. The quantitative estimate of drug-likeness (QED) is 0.670. The summed E-state index contributed by atoms with van der Waals surface area (Å²) in [4.78, 5) is 15.7. The number of halogens is 4. The van der Waals surface area contributed by atoms with Crippen molar-refractivity contribution in [2.75, 3.05) is 6.61 Å². The molecule has 2 aromatic carbocycles.